The number of rotatable bonds is 1. The summed E-state index contributed by atoms with van der Waals surface area (Å²) in [6.45, 7) is 0. The molecule has 4 N–H and O–H groups in total. The van der Waals surface area contributed by atoms with Crippen LogP contribution in [0.4, 0.5) is 0 Å². The van der Waals surface area contributed by atoms with E-state index >= 15 is 0 Å². The maximum Gasteiger partial charge on any atom is 0.318 e. The smallest absolute Gasteiger partial charge is 0.318 e. The molecule has 1 rings (SSSR count). The van der Waals surface area contributed by atoms with Crippen molar-refractivity contribution in [3.63, 3.8) is 0 Å². The first-order valence-electron chi connectivity index (χ1n) is 3.63. The summed E-state index contributed by atoms with van der Waals surface area (Å²) in [4.78, 5) is 10.6. The summed E-state index contributed by atoms with van der Waals surface area (Å²) in [6.07, 6.45) is 0.147. The van der Waals surface area contributed by atoms with Crippen LogP contribution in [0.5, 0.6) is 0 Å². The predicted octanol–water partition coefficient (Wildman–Crippen LogP) is 0.388. The van der Waals surface area contributed by atoms with E-state index in [9.17, 15) is 20.1 Å². The third-order valence-electron chi connectivity index (χ3n) is 1.85. The SMILES string of the molecule is O=C(O)C1C(O)=CC(O)(Cl)CC1(O)Cl. The number of carboxylic acids is 1. The Labute approximate surface area is 89.2 Å². The quantitative estimate of drug-likeness (QED) is 0.499. The van der Waals surface area contributed by atoms with Crippen molar-refractivity contribution in [1.29, 1.82) is 0 Å². The van der Waals surface area contributed by atoms with Crippen LogP contribution in [0, 0.1) is 5.92 Å². The van der Waals surface area contributed by atoms with Gasteiger partial charge in [-0.05, 0) is 0 Å². The summed E-state index contributed by atoms with van der Waals surface area (Å²) in [5.74, 6) is -3.95. The Hall–Kier alpha value is -0.490. The molecule has 0 aromatic rings. The normalized spacial score (nSPS) is 43.1. The third-order valence-corrected chi connectivity index (χ3v) is 2.44. The Bertz CT molecular complexity index is 296. The van der Waals surface area contributed by atoms with Crippen molar-refractivity contribution in [2.75, 3.05) is 0 Å². The van der Waals surface area contributed by atoms with E-state index in [1.165, 1.54) is 0 Å². The number of carbonyl (C=O) groups is 1. The van der Waals surface area contributed by atoms with Crippen molar-refractivity contribution in [1.82, 2.24) is 0 Å². The van der Waals surface area contributed by atoms with Crippen LogP contribution in [0.15, 0.2) is 11.8 Å². The summed E-state index contributed by atoms with van der Waals surface area (Å²) in [6, 6.07) is 0. The lowest BCUT2D eigenvalue weighted by Gasteiger charge is -2.35. The first-order valence-corrected chi connectivity index (χ1v) is 4.38. The van der Waals surface area contributed by atoms with Crippen LogP contribution < -0.4 is 0 Å². The van der Waals surface area contributed by atoms with E-state index in [1.54, 1.807) is 0 Å². The van der Waals surface area contributed by atoms with Gasteiger partial charge >= 0.3 is 5.97 Å². The Morgan fingerprint density at radius 1 is 1.50 bits per heavy atom. The predicted molar refractivity (Wildman–Crippen MR) is 48.1 cm³/mol. The topological polar surface area (TPSA) is 98.0 Å². The van der Waals surface area contributed by atoms with E-state index in [1.807, 2.05) is 0 Å². The van der Waals surface area contributed by atoms with Gasteiger partial charge in [-0.25, -0.2) is 0 Å². The average molecular weight is 243 g/mol. The second kappa shape index (κ2) is 3.27. The fourth-order valence-electron chi connectivity index (χ4n) is 1.35. The van der Waals surface area contributed by atoms with Crippen LogP contribution >= 0.6 is 23.2 Å². The summed E-state index contributed by atoms with van der Waals surface area (Å²) in [5.41, 5.74) is 0. The Kier molecular flexibility index (Phi) is 2.71. The van der Waals surface area contributed by atoms with Gasteiger partial charge in [0.25, 0.3) is 0 Å². The van der Waals surface area contributed by atoms with E-state index in [-0.39, 0.29) is 0 Å². The molecule has 1 aliphatic rings. The van der Waals surface area contributed by atoms with Crippen LogP contribution in [-0.4, -0.2) is 36.5 Å². The first-order chi connectivity index (χ1) is 6.16. The number of aliphatic hydroxyl groups excluding tert-OH is 1. The van der Waals surface area contributed by atoms with Crippen LogP contribution in [0.3, 0.4) is 0 Å². The second-order valence-electron chi connectivity index (χ2n) is 3.15. The summed E-state index contributed by atoms with van der Waals surface area (Å²) >= 11 is 10.8. The zero-order chi connectivity index (χ0) is 11.1. The van der Waals surface area contributed by atoms with E-state index in [4.69, 9.17) is 28.3 Å². The number of carboxylic acid groups (broad SMARTS) is 1. The van der Waals surface area contributed by atoms with Crippen molar-refractivity contribution in [2.45, 2.75) is 16.5 Å². The molecule has 0 spiro atoms. The van der Waals surface area contributed by atoms with Gasteiger partial charge in [-0.2, -0.15) is 0 Å². The molecule has 0 heterocycles. The molecule has 0 bridgehead atoms. The van der Waals surface area contributed by atoms with E-state index in [2.05, 4.69) is 0 Å². The van der Waals surface area contributed by atoms with Gasteiger partial charge in [0.05, 0.1) is 0 Å². The van der Waals surface area contributed by atoms with Crippen molar-refractivity contribution in [2.24, 2.45) is 5.92 Å². The molecule has 0 amide bonds. The highest BCUT2D eigenvalue weighted by Gasteiger charge is 2.51. The minimum absolute atomic E-state index is 0.593. The highest BCUT2D eigenvalue weighted by atomic mass is 35.5. The van der Waals surface area contributed by atoms with Crippen LogP contribution in [0.25, 0.3) is 0 Å². The molecule has 0 radical (unpaired) electrons. The van der Waals surface area contributed by atoms with Gasteiger partial charge < -0.3 is 20.4 Å². The molecule has 0 saturated carbocycles. The molecule has 0 saturated heterocycles. The van der Waals surface area contributed by atoms with Crippen LogP contribution in [0.1, 0.15) is 6.42 Å². The van der Waals surface area contributed by atoms with Gasteiger partial charge in [0.15, 0.2) is 16.0 Å². The number of halogens is 2. The lowest BCUT2D eigenvalue weighted by molar-refractivity contribution is -0.148. The molecule has 7 heteroatoms. The third kappa shape index (κ3) is 2.12. The summed E-state index contributed by atoms with van der Waals surface area (Å²) in [5, 5.41) is 32.2. The highest BCUT2D eigenvalue weighted by Crippen LogP contribution is 2.42. The number of aliphatic carboxylic acids is 1. The Balaban J connectivity index is 3.14. The van der Waals surface area contributed by atoms with E-state index < -0.39 is 34.2 Å². The molecule has 0 aliphatic heterocycles. The van der Waals surface area contributed by atoms with E-state index in [0.29, 0.717) is 0 Å². The number of alkyl halides is 2. The van der Waals surface area contributed by atoms with Crippen LogP contribution in [-0.2, 0) is 4.79 Å². The molecule has 80 valence electrons. The number of hydrogen-bond acceptors (Lipinski definition) is 4. The van der Waals surface area contributed by atoms with Gasteiger partial charge in [0.1, 0.15) is 5.76 Å². The molecule has 14 heavy (non-hydrogen) atoms. The number of hydrogen-bond donors (Lipinski definition) is 4. The summed E-state index contributed by atoms with van der Waals surface area (Å²) < 4.78 is 0. The lowest BCUT2D eigenvalue weighted by atomic mass is 9.88. The van der Waals surface area contributed by atoms with Gasteiger partial charge in [-0.15, -0.1) is 0 Å². The van der Waals surface area contributed by atoms with Crippen molar-refractivity contribution in [3.8, 4) is 0 Å². The maximum atomic E-state index is 10.6. The van der Waals surface area contributed by atoms with Crippen molar-refractivity contribution in [3.05, 3.63) is 11.8 Å². The van der Waals surface area contributed by atoms with Gasteiger partial charge in [0, 0.05) is 12.5 Å². The molecule has 0 aromatic heterocycles. The first kappa shape index (κ1) is 11.6. The Morgan fingerprint density at radius 3 is 2.36 bits per heavy atom. The fourth-order valence-corrected chi connectivity index (χ4v) is 2.15. The lowest BCUT2D eigenvalue weighted by Crippen LogP contribution is -2.47. The molecule has 0 aromatic carbocycles. The maximum absolute atomic E-state index is 10.6. The molecule has 3 unspecified atom stereocenters. The zero-order valence-electron chi connectivity index (χ0n) is 6.81. The highest BCUT2D eigenvalue weighted by molar-refractivity contribution is 6.28. The molecule has 5 nitrogen and oxygen atoms in total. The largest absolute Gasteiger partial charge is 0.511 e. The standard InChI is InChI=1S/C7H8Cl2O5/c8-6(13)1-3(10)4(5(11)12)7(9,14)2-6/h1,4,10,13-14H,2H2,(H,11,12). The molecular formula is C7H8Cl2O5. The molecular weight excluding hydrogens is 235 g/mol. The zero-order valence-corrected chi connectivity index (χ0v) is 8.33. The second-order valence-corrected chi connectivity index (χ2v) is 4.46. The number of aliphatic hydroxyl groups is 3. The summed E-state index contributed by atoms with van der Waals surface area (Å²) in [7, 11) is 0. The average Bonchev–Trinajstić information content (AvgIpc) is 1.75. The van der Waals surface area contributed by atoms with Crippen LogP contribution in [0.2, 0.25) is 0 Å². The monoisotopic (exact) mass is 242 g/mol. The van der Waals surface area contributed by atoms with Gasteiger partial charge in [-0.3, -0.25) is 4.79 Å². The van der Waals surface area contributed by atoms with Crippen molar-refractivity contribution < 1.29 is 25.2 Å². The fraction of sp³-hybridized carbons (Fsp3) is 0.571. The van der Waals surface area contributed by atoms with E-state index in [0.717, 1.165) is 6.08 Å². The van der Waals surface area contributed by atoms with Gasteiger partial charge in [-0.1, -0.05) is 23.2 Å². The van der Waals surface area contributed by atoms with Gasteiger partial charge in [0.2, 0.25) is 0 Å². The minimum Gasteiger partial charge on any atom is -0.511 e. The molecule has 1 aliphatic carbocycles. The minimum atomic E-state index is -2.30. The van der Waals surface area contributed by atoms with Crippen molar-refractivity contribution >= 4 is 29.2 Å². The Morgan fingerprint density at radius 2 is 2.00 bits per heavy atom. The molecule has 3 atom stereocenters. The molecule has 0 fully saturated rings.